The molecule has 0 saturated carbocycles. The van der Waals surface area contributed by atoms with E-state index in [1.807, 2.05) is 71.6 Å². The van der Waals surface area contributed by atoms with Gasteiger partial charge in [-0.15, -0.1) is 10.2 Å². The molecule has 176 valence electrons. The first-order valence-electron chi connectivity index (χ1n) is 11.6. The van der Waals surface area contributed by atoms with E-state index in [4.69, 9.17) is 4.74 Å². The van der Waals surface area contributed by atoms with Crippen molar-refractivity contribution < 1.29 is 13.9 Å². The monoisotopic (exact) mass is 468 g/mol. The molecule has 7 heteroatoms. The number of amides is 1. The van der Waals surface area contributed by atoms with Crippen LogP contribution in [0.1, 0.15) is 0 Å². The Labute approximate surface area is 203 Å². The molecule has 0 spiro atoms. The fourth-order valence-electron chi connectivity index (χ4n) is 4.13. The van der Waals surface area contributed by atoms with E-state index in [9.17, 15) is 9.18 Å². The SMILES string of the molecule is O=C(COc1ccccc1-c1ccccc1)N1CCN(c2ccc(-c3ccc(F)cc3)nn2)CC1. The molecule has 1 aliphatic rings. The van der Waals surface area contributed by atoms with Crippen molar-refractivity contribution in [3.05, 3.63) is 96.8 Å². The smallest absolute Gasteiger partial charge is 0.260 e. The average molecular weight is 469 g/mol. The predicted octanol–water partition coefficient (Wildman–Crippen LogP) is 4.68. The number of nitrogens with zero attached hydrogens (tertiary/aromatic N) is 4. The number of carbonyl (C=O) groups excluding carboxylic acids is 1. The van der Waals surface area contributed by atoms with E-state index in [0.29, 0.717) is 37.6 Å². The van der Waals surface area contributed by atoms with Crippen LogP contribution in [0.2, 0.25) is 0 Å². The number of hydrogen-bond acceptors (Lipinski definition) is 5. The second kappa shape index (κ2) is 10.3. The summed E-state index contributed by atoms with van der Waals surface area (Å²) in [5, 5.41) is 8.63. The molecule has 35 heavy (non-hydrogen) atoms. The Morgan fingerprint density at radius 1 is 0.771 bits per heavy atom. The van der Waals surface area contributed by atoms with Crippen molar-refractivity contribution in [2.24, 2.45) is 0 Å². The molecule has 4 aromatic rings. The fourth-order valence-corrected chi connectivity index (χ4v) is 4.13. The largest absolute Gasteiger partial charge is 0.483 e. The maximum atomic E-state index is 13.1. The number of rotatable bonds is 6. The van der Waals surface area contributed by atoms with Gasteiger partial charge in [-0.25, -0.2) is 4.39 Å². The summed E-state index contributed by atoms with van der Waals surface area (Å²) in [4.78, 5) is 16.7. The summed E-state index contributed by atoms with van der Waals surface area (Å²) in [7, 11) is 0. The number of para-hydroxylation sites is 1. The number of halogens is 1. The Kier molecular flexibility index (Phi) is 6.66. The third-order valence-corrected chi connectivity index (χ3v) is 6.07. The molecular formula is C28H25FN4O2. The highest BCUT2D eigenvalue weighted by Crippen LogP contribution is 2.29. The number of benzene rings is 3. The third-order valence-electron chi connectivity index (χ3n) is 6.07. The zero-order valence-electron chi connectivity index (χ0n) is 19.2. The van der Waals surface area contributed by atoms with Crippen LogP contribution in [0.3, 0.4) is 0 Å². The van der Waals surface area contributed by atoms with E-state index in [-0.39, 0.29) is 18.3 Å². The summed E-state index contributed by atoms with van der Waals surface area (Å²) in [5.41, 5.74) is 3.52. The van der Waals surface area contributed by atoms with Crippen LogP contribution in [0.15, 0.2) is 91.0 Å². The first-order valence-corrected chi connectivity index (χ1v) is 11.6. The van der Waals surface area contributed by atoms with Gasteiger partial charge in [0.2, 0.25) is 0 Å². The van der Waals surface area contributed by atoms with Gasteiger partial charge in [0.15, 0.2) is 12.4 Å². The molecule has 0 atom stereocenters. The Morgan fingerprint density at radius 2 is 1.49 bits per heavy atom. The number of carbonyl (C=O) groups is 1. The summed E-state index contributed by atoms with van der Waals surface area (Å²) in [6.07, 6.45) is 0. The standard InChI is InChI=1S/C28H25FN4O2/c29-23-12-10-22(11-13-23)25-14-15-27(31-30-25)32-16-18-33(19-17-32)28(34)20-35-26-9-5-4-8-24(26)21-6-2-1-3-7-21/h1-15H,16-20H2. The van der Waals surface area contributed by atoms with Gasteiger partial charge in [0, 0.05) is 37.3 Å². The minimum atomic E-state index is -0.281. The van der Waals surface area contributed by atoms with Gasteiger partial charge in [0.25, 0.3) is 5.91 Å². The van der Waals surface area contributed by atoms with Crippen molar-refractivity contribution in [3.8, 4) is 28.1 Å². The fraction of sp³-hybridized carbons (Fsp3) is 0.179. The van der Waals surface area contributed by atoms with E-state index in [1.165, 1.54) is 12.1 Å². The van der Waals surface area contributed by atoms with Crippen LogP contribution < -0.4 is 9.64 Å². The van der Waals surface area contributed by atoms with Crippen molar-refractivity contribution in [1.29, 1.82) is 0 Å². The van der Waals surface area contributed by atoms with Crippen molar-refractivity contribution >= 4 is 11.7 Å². The van der Waals surface area contributed by atoms with E-state index in [0.717, 1.165) is 22.5 Å². The average Bonchev–Trinajstić information content (AvgIpc) is 2.93. The minimum Gasteiger partial charge on any atom is -0.483 e. The summed E-state index contributed by atoms with van der Waals surface area (Å²) in [6, 6.07) is 27.7. The van der Waals surface area contributed by atoms with Crippen LogP contribution in [-0.2, 0) is 4.79 Å². The summed E-state index contributed by atoms with van der Waals surface area (Å²) < 4.78 is 19.1. The second-order valence-electron chi connectivity index (χ2n) is 8.30. The molecular weight excluding hydrogens is 443 g/mol. The lowest BCUT2D eigenvalue weighted by atomic mass is 10.1. The van der Waals surface area contributed by atoms with Crippen LogP contribution in [0, 0.1) is 5.82 Å². The lowest BCUT2D eigenvalue weighted by molar-refractivity contribution is -0.133. The van der Waals surface area contributed by atoms with Crippen LogP contribution in [0.25, 0.3) is 22.4 Å². The molecule has 1 saturated heterocycles. The third kappa shape index (κ3) is 5.30. The van der Waals surface area contributed by atoms with Gasteiger partial charge in [-0.05, 0) is 48.0 Å². The van der Waals surface area contributed by atoms with Crippen molar-refractivity contribution in [3.63, 3.8) is 0 Å². The van der Waals surface area contributed by atoms with Gasteiger partial charge in [0.05, 0.1) is 5.69 Å². The lowest BCUT2D eigenvalue weighted by Gasteiger charge is -2.35. The molecule has 1 fully saturated rings. The van der Waals surface area contributed by atoms with Crippen LogP contribution in [0.5, 0.6) is 5.75 Å². The van der Waals surface area contributed by atoms with E-state index in [1.54, 1.807) is 12.1 Å². The maximum Gasteiger partial charge on any atom is 0.260 e. The molecule has 0 unspecified atom stereocenters. The molecule has 0 N–H and O–H groups in total. The maximum absolute atomic E-state index is 13.1. The molecule has 3 aromatic carbocycles. The Bertz CT molecular complexity index is 1270. The van der Waals surface area contributed by atoms with Crippen molar-refractivity contribution in [2.75, 3.05) is 37.7 Å². The highest BCUT2D eigenvalue weighted by molar-refractivity contribution is 5.79. The molecule has 1 aromatic heterocycles. The second-order valence-corrected chi connectivity index (χ2v) is 8.30. The number of aromatic nitrogens is 2. The first-order chi connectivity index (χ1) is 17.2. The van der Waals surface area contributed by atoms with Gasteiger partial charge in [0.1, 0.15) is 11.6 Å². The molecule has 5 rings (SSSR count). The number of anilines is 1. The van der Waals surface area contributed by atoms with Gasteiger partial charge in [-0.3, -0.25) is 4.79 Å². The minimum absolute atomic E-state index is 0.00395. The highest BCUT2D eigenvalue weighted by Gasteiger charge is 2.23. The summed E-state index contributed by atoms with van der Waals surface area (Å²) in [6.45, 7) is 2.50. The molecule has 0 radical (unpaired) electrons. The Balaban J connectivity index is 1.15. The predicted molar refractivity (Wildman–Crippen MR) is 134 cm³/mol. The Hall–Kier alpha value is -4.26. The molecule has 0 bridgehead atoms. The molecule has 2 heterocycles. The zero-order valence-corrected chi connectivity index (χ0v) is 19.2. The molecule has 1 amide bonds. The summed E-state index contributed by atoms with van der Waals surface area (Å²) >= 11 is 0. The molecule has 6 nitrogen and oxygen atoms in total. The number of hydrogen-bond donors (Lipinski definition) is 0. The quantitative estimate of drug-likeness (QED) is 0.411. The van der Waals surface area contributed by atoms with Gasteiger partial charge in [-0.2, -0.15) is 0 Å². The normalized spacial score (nSPS) is 13.5. The zero-order chi connectivity index (χ0) is 24.0. The summed E-state index contributed by atoms with van der Waals surface area (Å²) in [5.74, 6) is 1.14. The van der Waals surface area contributed by atoms with Gasteiger partial charge < -0.3 is 14.5 Å². The van der Waals surface area contributed by atoms with E-state index < -0.39 is 0 Å². The molecule has 1 aliphatic heterocycles. The van der Waals surface area contributed by atoms with Crippen LogP contribution >= 0.6 is 0 Å². The topological polar surface area (TPSA) is 58.6 Å². The van der Waals surface area contributed by atoms with Crippen LogP contribution in [0.4, 0.5) is 10.2 Å². The van der Waals surface area contributed by atoms with Crippen LogP contribution in [-0.4, -0.2) is 53.8 Å². The highest BCUT2D eigenvalue weighted by atomic mass is 19.1. The molecule has 0 aliphatic carbocycles. The van der Waals surface area contributed by atoms with E-state index >= 15 is 0 Å². The van der Waals surface area contributed by atoms with Crippen molar-refractivity contribution in [1.82, 2.24) is 15.1 Å². The number of piperazine rings is 1. The van der Waals surface area contributed by atoms with Gasteiger partial charge >= 0.3 is 0 Å². The number of ether oxygens (including phenoxy) is 1. The van der Waals surface area contributed by atoms with Crippen molar-refractivity contribution in [2.45, 2.75) is 0 Å². The first kappa shape index (κ1) is 22.5. The Morgan fingerprint density at radius 3 is 2.20 bits per heavy atom. The van der Waals surface area contributed by atoms with Gasteiger partial charge in [-0.1, -0.05) is 48.5 Å². The van der Waals surface area contributed by atoms with E-state index in [2.05, 4.69) is 15.1 Å². The lowest BCUT2D eigenvalue weighted by Crippen LogP contribution is -2.50.